The Bertz CT molecular complexity index is 2660. The number of benzene rings is 6. The Hall–Kier alpha value is -7.52. The molecule has 9 aromatic rings. The Morgan fingerprint density at radius 1 is 0.473 bits per heavy atom. The van der Waals surface area contributed by atoms with Crippen LogP contribution in [-0.2, 0) is 9.47 Å². The van der Waals surface area contributed by atoms with Crippen LogP contribution in [0.25, 0.3) is 89.7 Å². The highest BCUT2D eigenvalue weighted by Gasteiger charge is 2.20. The zero-order valence-corrected chi connectivity index (χ0v) is 29.8. The number of esters is 2. The molecule has 9 nitrogen and oxygen atoms in total. The van der Waals surface area contributed by atoms with E-state index in [0.717, 1.165) is 78.1 Å². The molecule has 0 aliphatic carbocycles. The number of methoxy groups -OCH3 is 2. The van der Waals surface area contributed by atoms with Gasteiger partial charge in [-0.1, -0.05) is 84.9 Å². The second-order valence-electron chi connectivity index (χ2n) is 13.0. The fourth-order valence-electron chi connectivity index (χ4n) is 6.90. The van der Waals surface area contributed by atoms with Gasteiger partial charge in [0, 0.05) is 44.2 Å². The lowest BCUT2D eigenvalue weighted by Gasteiger charge is -2.04. The summed E-state index contributed by atoms with van der Waals surface area (Å²) in [7, 11) is 2.74. The van der Waals surface area contributed by atoms with Crippen LogP contribution in [0.15, 0.2) is 150 Å². The van der Waals surface area contributed by atoms with Crippen molar-refractivity contribution in [3.8, 4) is 67.8 Å². The molecule has 0 spiro atoms. The number of ether oxygens (including phenoxy) is 2. The molecule has 9 rings (SSSR count). The van der Waals surface area contributed by atoms with E-state index in [2.05, 4.69) is 46.4 Å². The van der Waals surface area contributed by atoms with Crippen LogP contribution >= 0.6 is 0 Å². The molecular formula is C46H32N4O5. The predicted molar refractivity (Wildman–Crippen MR) is 213 cm³/mol. The van der Waals surface area contributed by atoms with Crippen molar-refractivity contribution in [3.05, 3.63) is 157 Å². The van der Waals surface area contributed by atoms with E-state index in [1.54, 1.807) is 24.3 Å². The maximum Gasteiger partial charge on any atom is 0.337 e. The molecule has 0 aliphatic heterocycles. The third-order valence-corrected chi connectivity index (χ3v) is 9.71. The maximum absolute atomic E-state index is 12.1. The Morgan fingerprint density at radius 2 is 0.855 bits per heavy atom. The zero-order valence-electron chi connectivity index (χ0n) is 29.8. The van der Waals surface area contributed by atoms with Gasteiger partial charge in [0.1, 0.15) is 22.8 Å². The lowest BCUT2D eigenvalue weighted by molar-refractivity contribution is 0.0592. The predicted octanol–water partition coefficient (Wildman–Crippen LogP) is 10.6. The van der Waals surface area contributed by atoms with E-state index in [-0.39, 0.29) is 0 Å². The largest absolute Gasteiger partial charge is 0.465 e. The summed E-state index contributed by atoms with van der Waals surface area (Å²) in [5, 5.41) is 1.88. The normalized spacial score (nSPS) is 11.2. The van der Waals surface area contributed by atoms with Crippen molar-refractivity contribution in [1.29, 1.82) is 0 Å². The second kappa shape index (κ2) is 13.8. The number of nitrogens with one attached hydrogen (secondary N) is 2. The van der Waals surface area contributed by atoms with Crippen molar-refractivity contribution in [2.24, 2.45) is 0 Å². The molecule has 0 saturated carbocycles. The number of fused-ring (bicyclic) bond motifs is 3. The number of hydrogen-bond acceptors (Lipinski definition) is 7. The minimum Gasteiger partial charge on any atom is -0.465 e. The van der Waals surface area contributed by atoms with Crippen LogP contribution in [0.2, 0.25) is 0 Å². The highest BCUT2D eigenvalue weighted by molar-refractivity contribution is 6.08. The van der Waals surface area contributed by atoms with E-state index in [1.807, 2.05) is 84.9 Å². The lowest BCUT2D eigenvalue weighted by Crippen LogP contribution is -2.00. The molecule has 266 valence electrons. The quantitative estimate of drug-likeness (QED) is 0.150. The van der Waals surface area contributed by atoms with Gasteiger partial charge in [-0.15, -0.1) is 0 Å². The minimum atomic E-state index is -0.392. The van der Waals surface area contributed by atoms with E-state index in [4.69, 9.17) is 23.9 Å². The molecule has 3 heterocycles. The van der Waals surface area contributed by atoms with Crippen molar-refractivity contribution >= 4 is 33.9 Å². The fraction of sp³-hybridized carbons (Fsp3) is 0.0435. The molecule has 9 heteroatoms. The number of hydrogen-bond donors (Lipinski definition) is 2. The summed E-state index contributed by atoms with van der Waals surface area (Å²) in [6.07, 6.45) is 0. The van der Waals surface area contributed by atoms with Crippen LogP contribution in [0, 0.1) is 0 Å². The smallest absolute Gasteiger partial charge is 0.337 e. The number of rotatable bonds is 8. The molecule has 0 bridgehead atoms. The average molecular weight is 721 g/mol. The number of aromatic nitrogens is 4. The van der Waals surface area contributed by atoms with E-state index < -0.39 is 11.9 Å². The summed E-state index contributed by atoms with van der Waals surface area (Å²) in [5.74, 6) is 0.562. The molecule has 0 saturated heterocycles. The number of nitrogens with zero attached hydrogens (tertiary/aromatic N) is 2. The molecule has 2 N–H and O–H groups in total. The SMILES string of the molecule is COC(=O)c1ccc(-c2nc(-c3ccc4oc5ccc(-c6nc(-c7ccc(C(=O)OC)cc7)[nH]c6-c6ccccc6)cc5c4c3)c(-c3ccccc3)[nH]2)cc1. The Labute approximate surface area is 315 Å². The molecule has 0 fully saturated rings. The van der Waals surface area contributed by atoms with Gasteiger partial charge >= 0.3 is 11.9 Å². The first-order valence-corrected chi connectivity index (χ1v) is 17.6. The third-order valence-electron chi connectivity index (χ3n) is 9.71. The van der Waals surface area contributed by atoms with Crippen LogP contribution < -0.4 is 0 Å². The summed E-state index contributed by atoms with van der Waals surface area (Å²) >= 11 is 0. The van der Waals surface area contributed by atoms with Gasteiger partial charge in [-0.25, -0.2) is 19.6 Å². The van der Waals surface area contributed by atoms with Crippen LogP contribution in [0.5, 0.6) is 0 Å². The van der Waals surface area contributed by atoms with Crippen molar-refractivity contribution in [2.75, 3.05) is 14.2 Å². The van der Waals surface area contributed by atoms with Crippen molar-refractivity contribution in [3.63, 3.8) is 0 Å². The molecule has 55 heavy (non-hydrogen) atoms. The van der Waals surface area contributed by atoms with Crippen LogP contribution in [-0.4, -0.2) is 46.1 Å². The van der Waals surface area contributed by atoms with Crippen molar-refractivity contribution < 1.29 is 23.5 Å². The van der Waals surface area contributed by atoms with Gasteiger partial charge in [-0.2, -0.15) is 0 Å². The van der Waals surface area contributed by atoms with E-state index >= 15 is 0 Å². The van der Waals surface area contributed by atoms with Gasteiger partial charge in [0.05, 0.1) is 48.1 Å². The first-order valence-electron chi connectivity index (χ1n) is 17.6. The summed E-state index contributed by atoms with van der Waals surface area (Å²) < 4.78 is 16.1. The first kappa shape index (κ1) is 33.3. The number of carbonyl (C=O) groups is 2. The first-order chi connectivity index (χ1) is 27.0. The van der Waals surface area contributed by atoms with E-state index in [9.17, 15) is 9.59 Å². The molecule has 3 aromatic heterocycles. The second-order valence-corrected chi connectivity index (χ2v) is 13.0. The lowest BCUT2D eigenvalue weighted by atomic mass is 10.0. The average Bonchev–Trinajstić information content (AvgIpc) is 4.00. The fourth-order valence-corrected chi connectivity index (χ4v) is 6.90. The standard InChI is InChI=1S/C46H32N4O5/c1-53-45(51)31-17-13-29(14-18-31)43-47-39(27-9-5-3-6-10-27)41(49-43)33-21-23-37-35(25-33)36-26-34(22-24-38(36)55-37)42-40(28-11-7-4-8-12-28)48-44(50-42)30-15-19-32(20-16-30)46(52)54-2/h3-26H,1-2H3,(H,47,49)(H,48,50). The number of furan rings is 1. The highest BCUT2D eigenvalue weighted by atomic mass is 16.5. The van der Waals surface area contributed by atoms with Gasteiger partial charge in [-0.05, 0) is 60.7 Å². The number of H-pyrrole nitrogens is 2. The monoisotopic (exact) mass is 720 g/mol. The zero-order chi connectivity index (χ0) is 37.5. The molecule has 0 aliphatic rings. The molecule has 0 atom stereocenters. The Balaban J connectivity index is 1.16. The van der Waals surface area contributed by atoms with E-state index in [1.165, 1.54) is 14.2 Å². The van der Waals surface area contributed by atoms with Gasteiger partial charge < -0.3 is 23.9 Å². The molecule has 6 aromatic carbocycles. The third kappa shape index (κ3) is 6.13. The Morgan fingerprint density at radius 3 is 1.24 bits per heavy atom. The topological polar surface area (TPSA) is 123 Å². The minimum absolute atomic E-state index is 0.392. The van der Waals surface area contributed by atoms with Crippen LogP contribution in [0.1, 0.15) is 20.7 Å². The molecule has 0 radical (unpaired) electrons. The molecule has 0 amide bonds. The van der Waals surface area contributed by atoms with Gasteiger partial charge in [0.25, 0.3) is 0 Å². The van der Waals surface area contributed by atoms with Gasteiger partial charge in [-0.3, -0.25) is 0 Å². The van der Waals surface area contributed by atoms with Gasteiger partial charge in [0.15, 0.2) is 0 Å². The van der Waals surface area contributed by atoms with Crippen molar-refractivity contribution in [2.45, 2.75) is 0 Å². The maximum atomic E-state index is 12.1. The van der Waals surface area contributed by atoms with Crippen LogP contribution in [0.4, 0.5) is 0 Å². The van der Waals surface area contributed by atoms with E-state index in [0.29, 0.717) is 22.8 Å². The number of aromatic amines is 2. The molecular weight excluding hydrogens is 689 g/mol. The highest BCUT2D eigenvalue weighted by Crippen LogP contribution is 2.40. The summed E-state index contributed by atoms with van der Waals surface area (Å²) in [6.45, 7) is 0. The molecule has 0 unspecified atom stereocenters. The summed E-state index contributed by atoms with van der Waals surface area (Å²) in [5.41, 5.74) is 11.2. The number of imidazole rings is 2. The van der Waals surface area contributed by atoms with Crippen molar-refractivity contribution in [1.82, 2.24) is 19.9 Å². The van der Waals surface area contributed by atoms with Crippen LogP contribution in [0.3, 0.4) is 0 Å². The number of carbonyl (C=O) groups excluding carboxylic acids is 2. The Kier molecular flexibility index (Phi) is 8.36. The summed E-state index contributed by atoms with van der Waals surface area (Å²) in [6, 6.07) is 46.8. The summed E-state index contributed by atoms with van der Waals surface area (Å²) in [4.78, 5) is 41.5. The van der Waals surface area contributed by atoms with Gasteiger partial charge in [0.2, 0.25) is 0 Å².